The quantitative estimate of drug-likeness (QED) is 0.386. The summed E-state index contributed by atoms with van der Waals surface area (Å²) in [5.74, 6) is 0. The Hall–Kier alpha value is -3.02. The molecule has 0 aliphatic heterocycles. The van der Waals surface area contributed by atoms with Crippen LogP contribution in [0.3, 0.4) is 0 Å². The maximum Gasteiger partial charge on any atom is 0.0900 e. The van der Waals surface area contributed by atoms with Crippen molar-refractivity contribution in [3.63, 3.8) is 0 Å². The molecule has 2 heterocycles. The molecule has 0 N–H and O–H groups in total. The summed E-state index contributed by atoms with van der Waals surface area (Å²) < 4.78 is 0. The summed E-state index contributed by atoms with van der Waals surface area (Å²) in [6.45, 7) is 5.68. The molecule has 0 bridgehead atoms. The first-order valence-electron chi connectivity index (χ1n) is 9.13. The number of benzene rings is 1. The van der Waals surface area contributed by atoms with Crippen molar-refractivity contribution in [3.8, 4) is 22.5 Å². The van der Waals surface area contributed by atoms with Gasteiger partial charge in [-0.1, -0.05) is 30.4 Å². The standard InChI is InChI=1S/C24H24N4.Co/c1-5-6-9-21(25-2)23-16-19(18-11-13-20(14-12-18)28(3)4)17-24(27-23)22-10-7-8-15-26-22;/h5-17H,2H2,1,3-4H3;/b6-5-,21-9-;. The van der Waals surface area contributed by atoms with E-state index in [1.807, 2.05) is 63.5 Å². The van der Waals surface area contributed by atoms with Gasteiger partial charge in [0, 0.05) is 42.8 Å². The third-order valence-corrected chi connectivity index (χ3v) is 4.35. The van der Waals surface area contributed by atoms with Crippen LogP contribution in [0.25, 0.3) is 28.2 Å². The normalized spacial score (nSPS) is 11.2. The fourth-order valence-corrected chi connectivity index (χ4v) is 2.83. The molecule has 29 heavy (non-hydrogen) atoms. The van der Waals surface area contributed by atoms with Gasteiger partial charge in [0.2, 0.25) is 0 Å². The summed E-state index contributed by atoms with van der Waals surface area (Å²) in [6, 6.07) is 18.4. The second-order valence-corrected chi connectivity index (χ2v) is 6.52. The Morgan fingerprint density at radius 3 is 2.34 bits per heavy atom. The molecule has 0 spiro atoms. The van der Waals surface area contributed by atoms with Crippen LogP contribution in [-0.4, -0.2) is 30.8 Å². The monoisotopic (exact) mass is 427 g/mol. The number of hydrogen-bond donors (Lipinski definition) is 0. The van der Waals surface area contributed by atoms with Crippen molar-refractivity contribution in [2.24, 2.45) is 4.99 Å². The van der Waals surface area contributed by atoms with Crippen LogP contribution in [0.2, 0.25) is 0 Å². The first-order chi connectivity index (χ1) is 13.6. The zero-order chi connectivity index (χ0) is 19.9. The van der Waals surface area contributed by atoms with Crippen LogP contribution in [0.15, 0.2) is 84.0 Å². The van der Waals surface area contributed by atoms with Gasteiger partial charge in [-0.05, 0) is 67.2 Å². The van der Waals surface area contributed by atoms with Crippen molar-refractivity contribution in [2.75, 3.05) is 19.0 Å². The zero-order valence-corrected chi connectivity index (χ0v) is 17.9. The first-order valence-corrected chi connectivity index (χ1v) is 9.13. The minimum Gasteiger partial charge on any atom is -0.378 e. The predicted molar refractivity (Wildman–Crippen MR) is 120 cm³/mol. The summed E-state index contributed by atoms with van der Waals surface area (Å²) in [7, 11) is 4.07. The topological polar surface area (TPSA) is 41.4 Å². The summed E-state index contributed by atoms with van der Waals surface area (Å²) in [6.07, 6.45) is 7.58. The van der Waals surface area contributed by atoms with Crippen molar-refractivity contribution in [1.82, 2.24) is 9.97 Å². The van der Waals surface area contributed by atoms with Crippen molar-refractivity contribution < 1.29 is 16.8 Å². The molecule has 4 nitrogen and oxygen atoms in total. The molecule has 3 rings (SSSR count). The smallest absolute Gasteiger partial charge is 0.0900 e. The van der Waals surface area contributed by atoms with E-state index in [9.17, 15) is 0 Å². The van der Waals surface area contributed by atoms with E-state index in [2.05, 4.69) is 51.9 Å². The molecule has 0 aliphatic rings. The molecule has 1 aromatic carbocycles. The van der Waals surface area contributed by atoms with Crippen LogP contribution in [0.5, 0.6) is 0 Å². The van der Waals surface area contributed by atoms with Gasteiger partial charge < -0.3 is 4.90 Å². The predicted octanol–water partition coefficient (Wildman–Crippen LogP) is 5.49. The van der Waals surface area contributed by atoms with E-state index in [1.165, 1.54) is 0 Å². The largest absolute Gasteiger partial charge is 0.378 e. The molecule has 0 fully saturated rings. The molecule has 1 radical (unpaired) electrons. The van der Waals surface area contributed by atoms with E-state index in [4.69, 9.17) is 4.98 Å². The second-order valence-electron chi connectivity index (χ2n) is 6.52. The fourth-order valence-electron chi connectivity index (χ4n) is 2.83. The maximum atomic E-state index is 4.79. The Bertz CT molecular complexity index is 1010. The van der Waals surface area contributed by atoms with Gasteiger partial charge in [-0.15, -0.1) is 0 Å². The Kier molecular flexibility index (Phi) is 8.06. The summed E-state index contributed by atoms with van der Waals surface area (Å²) >= 11 is 0. The van der Waals surface area contributed by atoms with Crippen LogP contribution in [0, 0.1) is 0 Å². The summed E-state index contributed by atoms with van der Waals surface area (Å²) in [4.78, 5) is 15.5. The van der Waals surface area contributed by atoms with Crippen LogP contribution in [-0.2, 0) is 16.8 Å². The SMILES string of the molecule is C=N/C(=C\C=C/C)c1cc(-c2ccc(N(C)C)cc2)cc(-c2ccccn2)n1.[Co]. The Balaban J connectivity index is 0.00000300. The van der Waals surface area contributed by atoms with Gasteiger partial charge in [-0.3, -0.25) is 9.98 Å². The van der Waals surface area contributed by atoms with Crippen molar-refractivity contribution in [1.29, 1.82) is 0 Å². The zero-order valence-electron chi connectivity index (χ0n) is 16.8. The van der Waals surface area contributed by atoms with E-state index in [0.717, 1.165) is 39.6 Å². The third kappa shape index (κ3) is 5.50. The number of nitrogens with zero attached hydrogens (tertiary/aromatic N) is 4. The van der Waals surface area contributed by atoms with Crippen LogP contribution in [0.4, 0.5) is 5.69 Å². The molecule has 0 saturated carbocycles. The first kappa shape index (κ1) is 22.3. The van der Waals surface area contributed by atoms with E-state index < -0.39 is 0 Å². The number of aromatic nitrogens is 2. The van der Waals surface area contributed by atoms with Gasteiger partial charge in [0.05, 0.1) is 22.8 Å². The van der Waals surface area contributed by atoms with Gasteiger partial charge in [-0.25, -0.2) is 4.98 Å². The molecule has 0 saturated heterocycles. The molecule has 3 aromatic rings. The Morgan fingerprint density at radius 2 is 1.76 bits per heavy atom. The third-order valence-electron chi connectivity index (χ3n) is 4.35. The average molecular weight is 427 g/mol. The number of aliphatic imine (C=N–C) groups is 1. The van der Waals surface area contributed by atoms with Crippen molar-refractivity contribution in [3.05, 3.63) is 84.7 Å². The van der Waals surface area contributed by atoms with Crippen LogP contribution >= 0.6 is 0 Å². The van der Waals surface area contributed by atoms with E-state index >= 15 is 0 Å². The van der Waals surface area contributed by atoms with E-state index in [-0.39, 0.29) is 16.8 Å². The van der Waals surface area contributed by atoms with E-state index in [0.29, 0.717) is 0 Å². The number of allylic oxidation sites excluding steroid dienone is 3. The van der Waals surface area contributed by atoms with Crippen molar-refractivity contribution in [2.45, 2.75) is 6.92 Å². The molecule has 5 heteroatoms. The molecule has 0 atom stereocenters. The van der Waals surface area contributed by atoms with Crippen LogP contribution < -0.4 is 4.90 Å². The molecule has 0 aliphatic carbocycles. The van der Waals surface area contributed by atoms with Gasteiger partial charge in [0.25, 0.3) is 0 Å². The molecule has 0 amide bonds. The summed E-state index contributed by atoms with van der Waals surface area (Å²) in [5, 5.41) is 0. The van der Waals surface area contributed by atoms with Crippen LogP contribution in [0.1, 0.15) is 12.6 Å². The molecular formula is C24H24CoN4. The number of hydrogen-bond acceptors (Lipinski definition) is 4. The molecule has 0 unspecified atom stereocenters. The fraction of sp³-hybridized carbons (Fsp3) is 0.125. The molecular weight excluding hydrogens is 403 g/mol. The maximum absolute atomic E-state index is 4.79. The number of pyridine rings is 2. The Morgan fingerprint density at radius 1 is 1.00 bits per heavy atom. The Labute approximate surface area is 183 Å². The average Bonchev–Trinajstić information content (AvgIpc) is 2.75. The number of rotatable bonds is 6. The van der Waals surface area contributed by atoms with Gasteiger partial charge in [0.15, 0.2) is 0 Å². The van der Waals surface area contributed by atoms with E-state index in [1.54, 1.807) is 6.20 Å². The summed E-state index contributed by atoms with van der Waals surface area (Å²) in [5.41, 5.74) is 6.45. The van der Waals surface area contributed by atoms with Gasteiger partial charge in [0.1, 0.15) is 0 Å². The minimum absolute atomic E-state index is 0. The van der Waals surface area contributed by atoms with Gasteiger partial charge in [-0.2, -0.15) is 0 Å². The van der Waals surface area contributed by atoms with Gasteiger partial charge >= 0.3 is 0 Å². The second kappa shape index (κ2) is 10.5. The number of anilines is 1. The minimum atomic E-state index is 0. The molecule has 149 valence electrons. The molecule has 2 aromatic heterocycles. The van der Waals surface area contributed by atoms with Crippen molar-refractivity contribution >= 4 is 18.1 Å².